The number of carbonyl (C=O) groups is 1. The normalized spacial score (nSPS) is 13.7. The minimum absolute atomic E-state index is 0.152. The number of hydrogen-bond donors (Lipinski definition) is 3. The van der Waals surface area contributed by atoms with Gasteiger partial charge in [-0.25, -0.2) is 4.79 Å². The van der Waals surface area contributed by atoms with E-state index in [1.165, 1.54) is 0 Å². The number of hydrogen-bond acceptors (Lipinski definition) is 3. The molecule has 1 atom stereocenters. The topological polar surface area (TPSA) is 79.2 Å². The van der Waals surface area contributed by atoms with E-state index in [4.69, 9.17) is 0 Å². The second-order valence-corrected chi connectivity index (χ2v) is 8.41. The van der Waals surface area contributed by atoms with Crippen molar-refractivity contribution < 1.29 is 9.90 Å². The minimum atomic E-state index is -0.383. The van der Waals surface area contributed by atoms with Gasteiger partial charge in [0.2, 0.25) is 0 Å². The van der Waals surface area contributed by atoms with Gasteiger partial charge < -0.3 is 10.4 Å². The molecule has 1 rings (SSSR count). The van der Waals surface area contributed by atoms with E-state index >= 15 is 0 Å². The number of carbonyl (C=O) groups excluding carboxylic acids is 1. The zero-order valence-corrected chi connectivity index (χ0v) is 15.5. The van der Waals surface area contributed by atoms with Gasteiger partial charge in [-0.15, -0.1) is 0 Å². The first-order valence-corrected chi connectivity index (χ1v) is 8.14. The third kappa shape index (κ3) is 7.50. The molecule has 1 aromatic rings. The predicted octanol–water partition coefficient (Wildman–Crippen LogP) is 2.93. The van der Waals surface area contributed by atoms with Crippen molar-refractivity contribution in [2.24, 2.45) is 17.9 Å². The monoisotopic (exact) mass is 324 g/mol. The summed E-state index contributed by atoms with van der Waals surface area (Å²) in [5.74, 6) is 0.676. The van der Waals surface area contributed by atoms with Crippen LogP contribution in [0.4, 0.5) is 10.6 Å². The largest absolute Gasteiger partial charge is 0.393 e. The molecular weight excluding hydrogens is 292 g/mol. The molecule has 3 N–H and O–H groups in total. The van der Waals surface area contributed by atoms with Crippen molar-refractivity contribution in [3.63, 3.8) is 0 Å². The first-order valence-electron chi connectivity index (χ1n) is 8.14. The quantitative estimate of drug-likeness (QED) is 0.753. The minimum Gasteiger partial charge on any atom is -0.393 e. The number of aliphatic hydroxyl groups excluding tert-OH is 1. The zero-order valence-electron chi connectivity index (χ0n) is 15.5. The van der Waals surface area contributed by atoms with Crippen LogP contribution in [0, 0.1) is 10.8 Å². The lowest BCUT2D eigenvalue weighted by atomic mass is 9.87. The zero-order chi connectivity index (χ0) is 17.8. The molecule has 23 heavy (non-hydrogen) atoms. The van der Waals surface area contributed by atoms with Crippen LogP contribution in [0.25, 0.3) is 0 Å². The summed E-state index contributed by atoms with van der Waals surface area (Å²) in [5, 5.41) is 19.6. The van der Waals surface area contributed by atoms with Gasteiger partial charge in [-0.1, -0.05) is 34.6 Å². The first kappa shape index (κ1) is 19.5. The van der Waals surface area contributed by atoms with Crippen molar-refractivity contribution >= 4 is 11.8 Å². The Bertz CT molecular complexity index is 527. The number of urea groups is 1. The lowest BCUT2D eigenvalue weighted by molar-refractivity contribution is 0.129. The second kappa shape index (κ2) is 7.34. The van der Waals surface area contributed by atoms with E-state index < -0.39 is 0 Å². The molecule has 0 aliphatic heterocycles. The van der Waals surface area contributed by atoms with Crippen molar-refractivity contribution in [2.45, 2.75) is 60.5 Å². The van der Waals surface area contributed by atoms with Gasteiger partial charge >= 0.3 is 6.03 Å². The number of anilines is 1. The molecule has 0 radical (unpaired) electrons. The Kier molecular flexibility index (Phi) is 6.22. The molecule has 0 aliphatic carbocycles. The molecule has 0 aliphatic rings. The van der Waals surface area contributed by atoms with E-state index in [2.05, 4.69) is 36.5 Å². The van der Waals surface area contributed by atoms with Crippen LogP contribution >= 0.6 is 0 Å². The smallest absolute Gasteiger partial charge is 0.320 e. The van der Waals surface area contributed by atoms with E-state index in [0.717, 1.165) is 12.1 Å². The maximum Gasteiger partial charge on any atom is 0.320 e. The molecule has 132 valence electrons. The number of nitrogens with one attached hydrogen (secondary N) is 2. The van der Waals surface area contributed by atoms with Gasteiger partial charge in [0, 0.05) is 19.7 Å². The maximum atomic E-state index is 12.1. The van der Waals surface area contributed by atoms with Gasteiger partial charge in [-0.2, -0.15) is 5.10 Å². The molecular formula is C17H32N4O2. The summed E-state index contributed by atoms with van der Waals surface area (Å²) in [4.78, 5) is 12.1. The van der Waals surface area contributed by atoms with E-state index in [1.54, 1.807) is 11.6 Å². The Morgan fingerprint density at radius 3 is 2.48 bits per heavy atom. The van der Waals surface area contributed by atoms with Crippen LogP contribution in [0.3, 0.4) is 0 Å². The summed E-state index contributed by atoms with van der Waals surface area (Å²) in [6.07, 6.45) is 1.10. The molecule has 0 fully saturated rings. The third-order valence-electron chi connectivity index (χ3n) is 3.46. The van der Waals surface area contributed by atoms with E-state index in [1.807, 2.05) is 27.0 Å². The Hall–Kier alpha value is -1.56. The van der Waals surface area contributed by atoms with Crippen molar-refractivity contribution in [2.75, 3.05) is 11.9 Å². The highest BCUT2D eigenvalue weighted by Gasteiger charge is 2.21. The molecule has 6 nitrogen and oxygen atoms in total. The number of aryl methyl sites for hydroxylation is 1. The van der Waals surface area contributed by atoms with Gasteiger partial charge in [0.25, 0.3) is 0 Å². The fraction of sp³-hybridized carbons (Fsp3) is 0.765. The summed E-state index contributed by atoms with van der Waals surface area (Å²) in [6.45, 7) is 12.8. The summed E-state index contributed by atoms with van der Waals surface area (Å²) in [5.41, 5.74) is 0.957. The Morgan fingerprint density at radius 1 is 1.35 bits per heavy atom. The Labute approximate surface area is 139 Å². The van der Waals surface area contributed by atoms with Crippen LogP contribution in [0.5, 0.6) is 0 Å². The van der Waals surface area contributed by atoms with Gasteiger partial charge in [-0.3, -0.25) is 10.00 Å². The van der Waals surface area contributed by atoms with Gasteiger partial charge in [0.05, 0.1) is 11.8 Å². The summed E-state index contributed by atoms with van der Waals surface area (Å²) >= 11 is 0. The number of aromatic nitrogens is 2. The molecule has 2 amide bonds. The highest BCUT2D eigenvalue weighted by molar-refractivity contribution is 5.88. The van der Waals surface area contributed by atoms with Crippen molar-refractivity contribution in [3.8, 4) is 0 Å². The van der Waals surface area contributed by atoms with Crippen molar-refractivity contribution in [1.29, 1.82) is 0 Å². The van der Waals surface area contributed by atoms with Crippen LogP contribution < -0.4 is 10.6 Å². The number of amides is 2. The number of aliphatic hydroxyl groups is 1. The average Bonchev–Trinajstić information content (AvgIpc) is 2.63. The van der Waals surface area contributed by atoms with E-state index in [0.29, 0.717) is 18.8 Å². The van der Waals surface area contributed by atoms with Crippen LogP contribution in [0.15, 0.2) is 6.07 Å². The Balaban J connectivity index is 2.58. The molecule has 6 heteroatoms. The molecule has 0 bridgehead atoms. The molecule has 0 unspecified atom stereocenters. The molecule has 0 spiro atoms. The van der Waals surface area contributed by atoms with E-state index in [9.17, 15) is 9.90 Å². The lowest BCUT2D eigenvalue weighted by Crippen LogP contribution is -2.38. The number of nitrogens with zero attached hydrogens (tertiary/aromatic N) is 2. The fourth-order valence-corrected chi connectivity index (χ4v) is 2.63. The Morgan fingerprint density at radius 2 is 1.96 bits per heavy atom. The third-order valence-corrected chi connectivity index (χ3v) is 3.46. The molecule has 1 heterocycles. The van der Waals surface area contributed by atoms with E-state index in [-0.39, 0.29) is 23.0 Å². The highest BCUT2D eigenvalue weighted by atomic mass is 16.3. The molecule has 1 aromatic heterocycles. The standard InChI is InChI=1S/C17H32N4O2/c1-12(22)9-17(5,6)11-18-15(23)19-14-8-13(20-21(14)7)10-16(2,3)4/h8,12,22H,9-11H2,1-7H3,(H2,18,19,23)/t12-/m0/s1. The second-order valence-electron chi connectivity index (χ2n) is 8.41. The van der Waals surface area contributed by atoms with Crippen LogP contribution in [-0.2, 0) is 13.5 Å². The summed E-state index contributed by atoms with van der Waals surface area (Å²) in [7, 11) is 1.82. The van der Waals surface area contributed by atoms with Gasteiger partial charge in [0.1, 0.15) is 5.82 Å². The fourth-order valence-electron chi connectivity index (χ4n) is 2.63. The van der Waals surface area contributed by atoms with Crippen LogP contribution in [-0.4, -0.2) is 33.6 Å². The first-order chi connectivity index (χ1) is 10.4. The van der Waals surface area contributed by atoms with Crippen LogP contribution in [0.1, 0.15) is 53.7 Å². The van der Waals surface area contributed by atoms with Gasteiger partial charge in [0.15, 0.2) is 0 Å². The maximum absolute atomic E-state index is 12.1. The molecule has 0 aromatic carbocycles. The average molecular weight is 324 g/mol. The van der Waals surface area contributed by atoms with Crippen molar-refractivity contribution in [1.82, 2.24) is 15.1 Å². The molecule has 0 saturated heterocycles. The summed E-state index contributed by atoms with van der Waals surface area (Å²) < 4.78 is 1.68. The van der Waals surface area contributed by atoms with Crippen molar-refractivity contribution in [3.05, 3.63) is 11.8 Å². The van der Waals surface area contributed by atoms with Gasteiger partial charge in [-0.05, 0) is 30.6 Å². The van der Waals surface area contributed by atoms with Crippen LogP contribution in [0.2, 0.25) is 0 Å². The predicted molar refractivity (Wildman–Crippen MR) is 93.5 cm³/mol. The number of rotatable bonds is 6. The summed E-state index contributed by atoms with van der Waals surface area (Å²) in [6, 6.07) is 1.65. The SMILES string of the molecule is C[C@H](O)CC(C)(C)CNC(=O)Nc1cc(CC(C)(C)C)nn1C. The lowest BCUT2D eigenvalue weighted by Gasteiger charge is -2.26. The highest BCUT2D eigenvalue weighted by Crippen LogP contribution is 2.22. The molecule has 0 saturated carbocycles.